The van der Waals surface area contributed by atoms with Crippen LogP contribution in [0.2, 0.25) is 0 Å². The number of hydrogen-bond donors (Lipinski definition) is 0. The first-order valence-corrected chi connectivity index (χ1v) is 6.46. The number of carbonyl (C=O) groups is 1. The standard InChI is InChI=1S/C11H17N3OS/c1-3-10(15)13-4-6-14(7-5-13)11-12-8-9(2)16-11/h3,9H,1,4-8H2,2H3. The van der Waals surface area contributed by atoms with E-state index in [-0.39, 0.29) is 5.91 Å². The van der Waals surface area contributed by atoms with Crippen LogP contribution in [0.3, 0.4) is 0 Å². The van der Waals surface area contributed by atoms with Crippen molar-refractivity contribution in [1.29, 1.82) is 0 Å². The van der Waals surface area contributed by atoms with Gasteiger partial charge in [-0.3, -0.25) is 9.79 Å². The zero-order valence-corrected chi connectivity index (χ0v) is 10.4. The molecule has 4 nitrogen and oxygen atoms in total. The van der Waals surface area contributed by atoms with Crippen LogP contribution in [0.15, 0.2) is 17.6 Å². The number of aliphatic imine (C=N–C) groups is 1. The van der Waals surface area contributed by atoms with Gasteiger partial charge in [0.15, 0.2) is 5.17 Å². The van der Waals surface area contributed by atoms with Crippen molar-refractivity contribution in [3.63, 3.8) is 0 Å². The van der Waals surface area contributed by atoms with Gasteiger partial charge in [-0.2, -0.15) is 0 Å². The summed E-state index contributed by atoms with van der Waals surface area (Å²) in [4.78, 5) is 20.0. The molecule has 1 fully saturated rings. The minimum Gasteiger partial charge on any atom is -0.348 e. The first-order valence-electron chi connectivity index (χ1n) is 5.58. The average molecular weight is 239 g/mol. The largest absolute Gasteiger partial charge is 0.348 e. The molecule has 1 saturated heterocycles. The van der Waals surface area contributed by atoms with Crippen molar-refractivity contribution in [2.24, 2.45) is 4.99 Å². The van der Waals surface area contributed by atoms with Crippen molar-refractivity contribution >= 4 is 22.8 Å². The lowest BCUT2D eigenvalue weighted by Crippen LogP contribution is -2.49. The van der Waals surface area contributed by atoms with Crippen LogP contribution in [0.4, 0.5) is 0 Å². The molecule has 0 N–H and O–H groups in total. The van der Waals surface area contributed by atoms with Crippen LogP contribution in [0, 0.1) is 0 Å². The second-order valence-corrected chi connectivity index (χ2v) is 5.47. The monoisotopic (exact) mass is 239 g/mol. The summed E-state index contributed by atoms with van der Waals surface area (Å²) in [6.45, 7) is 9.95. The van der Waals surface area contributed by atoms with Crippen molar-refractivity contribution in [3.8, 4) is 0 Å². The van der Waals surface area contributed by atoms with Crippen LogP contribution >= 0.6 is 11.8 Å². The second-order valence-electron chi connectivity index (χ2n) is 4.07. The molecule has 0 aromatic carbocycles. The Morgan fingerprint density at radius 3 is 2.69 bits per heavy atom. The predicted octanol–water partition coefficient (Wildman–Crippen LogP) is 0.808. The van der Waals surface area contributed by atoms with E-state index in [1.54, 1.807) is 0 Å². The lowest BCUT2D eigenvalue weighted by Gasteiger charge is -2.35. The summed E-state index contributed by atoms with van der Waals surface area (Å²) >= 11 is 1.84. The minimum atomic E-state index is 0.0361. The molecule has 88 valence electrons. The molecule has 16 heavy (non-hydrogen) atoms. The molecule has 2 heterocycles. The van der Waals surface area contributed by atoms with Gasteiger partial charge in [-0.1, -0.05) is 25.3 Å². The number of amides is 1. The third-order valence-electron chi connectivity index (χ3n) is 2.83. The lowest BCUT2D eigenvalue weighted by atomic mass is 10.3. The molecule has 1 unspecified atom stereocenters. The molecule has 0 saturated carbocycles. The third kappa shape index (κ3) is 2.40. The molecular weight excluding hydrogens is 222 g/mol. The number of amidine groups is 1. The summed E-state index contributed by atoms with van der Waals surface area (Å²) in [6, 6.07) is 0. The van der Waals surface area contributed by atoms with E-state index in [1.165, 1.54) is 6.08 Å². The lowest BCUT2D eigenvalue weighted by molar-refractivity contribution is -0.127. The highest BCUT2D eigenvalue weighted by molar-refractivity contribution is 8.14. The molecule has 0 spiro atoms. The van der Waals surface area contributed by atoms with E-state index < -0.39 is 0 Å². The van der Waals surface area contributed by atoms with Crippen molar-refractivity contribution < 1.29 is 4.79 Å². The van der Waals surface area contributed by atoms with E-state index in [0.717, 1.165) is 37.9 Å². The summed E-state index contributed by atoms with van der Waals surface area (Å²) in [5, 5.41) is 1.75. The van der Waals surface area contributed by atoms with Crippen LogP contribution in [0.25, 0.3) is 0 Å². The number of nitrogens with zero attached hydrogens (tertiary/aromatic N) is 3. The number of piperazine rings is 1. The second kappa shape index (κ2) is 4.91. The van der Waals surface area contributed by atoms with Gasteiger partial charge in [0.25, 0.3) is 0 Å². The normalized spacial score (nSPS) is 25.6. The molecule has 0 aromatic rings. The molecule has 0 aliphatic carbocycles. The smallest absolute Gasteiger partial charge is 0.246 e. The van der Waals surface area contributed by atoms with Gasteiger partial charge in [-0.25, -0.2) is 0 Å². The minimum absolute atomic E-state index is 0.0361. The van der Waals surface area contributed by atoms with Gasteiger partial charge in [-0.05, 0) is 6.08 Å². The van der Waals surface area contributed by atoms with Gasteiger partial charge in [0.05, 0.1) is 6.54 Å². The Hall–Kier alpha value is -0.970. The average Bonchev–Trinajstić information content (AvgIpc) is 2.75. The summed E-state index contributed by atoms with van der Waals surface area (Å²) in [7, 11) is 0. The number of rotatable bonds is 1. The molecule has 0 bridgehead atoms. The van der Waals surface area contributed by atoms with Crippen LogP contribution in [-0.2, 0) is 4.79 Å². The van der Waals surface area contributed by atoms with Crippen LogP contribution in [0.5, 0.6) is 0 Å². The van der Waals surface area contributed by atoms with Crippen LogP contribution in [0.1, 0.15) is 6.92 Å². The Bertz CT molecular complexity index is 321. The Balaban J connectivity index is 1.86. The van der Waals surface area contributed by atoms with E-state index >= 15 is 0 Å². The maximum Gasteiger partial charge on any atom is 0.246 e. The molecular formula is C11H17N3OS. The van der Waals surface area contributed by atoms with Crippen molar-refractivity contribution in [1.82, 2.24) is 9.80 Å². The quantitative estimate of drug-likeness (QED) is 0.635. The SMILES string of the molecule is C=CC(=O)N1CCN(C2=NCC(C)S2)CC1. The zero-order valence-electron chi connectivity index (χ0n) is 9.56. The summed E-state index contributed by atoms with van der Waals surface area (Å²) < 4.78 is 0. The fourth-order valence-electron chi connectivity index (χ4n) is 1.88. The highest BCUT2D eigenvalue weighted by Crippen LogP contribution is 2.23. The van der Waals surface area contributed by atoms with E-state index in [4.69, 9.17) is 0 Å². The topological polar surface area (TPSA) is 35.9 Å². The van der Waals surface area contributed by atoms with Gasteiger partial charge in [-0.15, -0.1) is 0 Å². The highest BCUT2D eigenvalue weighted by atomic mass is 32.2. The van der Waals surface area contributed by atoms with Gasteiger partial charge in [0.2, 0.25) is 5.91 Å². The Morgan fingerprint density at radius 2 is 2.19 bits per heavy atom. The van der Waals surface area contributed by atoms with Gasteiger partial charge in [0, 0.05) is 31.4 Å². The van der Waals surface area contributed by atoms with Crippen molar-refractivity contribution in [2.45, 2.75) is 12.2 Å². The number of hydrogen-bond acceptors (Lipinski definition) is 4. The van der Waals surface area contributed by atoms with Crippen molar-refractivity contribution in [2.75, 3.05) is 32.7 Å². The summed E-state index contributed by atoms with van der Waals surface area (Å²) in [5.41, 5.74) is 0. The number of thioether (sulfide) groups is 1. The Kier molecular flexibility index (Phi) is 3.53. The van der Waals surface area contributed by atoms with Crippen LogP contribution in [-0.4, -0.2) is 58.8 Å². The molecule has 1 amide bonds. The van der Waals surface area contributed by atoms with E-state index in [1.807, 2.05) is 16.7 Å². The fraction of sp³-hybridized carbons (Fsp3) is 0.636. The molecule has 5 heteroatoms. The molecule has 1 atom stereocenters. The van der Waals surface area contributed by atoms with E-state index in [9.17, 15) is 4.79 Å². The first-order chi connectivity index (χ1) is 7.70. The van der Waals surface area contributed by atoms with E-state index in [0.29, 0.717) is 5.25 Å². The fourth-order valence-corrected chi connectivity index (χ4v) is 2.87. The predicted molar refractivity (Wildman–Crippen MR) is 67.7 cm³/mol. The van der Waals surface area contributed by atoms with Gasteiger partial charge < -0.3 is 9.80 Å². The molecule has 0 radical (unpaired) electrons. The Labute approximate surface area is 100 Å². The maximum atomic E-state index is 11.4. The van der Waals surface area contributed by atoms with E-state index in [2.05, 4.69) is 23.4 Å². The molecule has 0 aromatic heterocycles. The van der Waals surface area contributed by atoms with Gasteiger partial charge in [0.1, 0.15) is 0 Å². The van der Waals surface area contributed by atoms with Gasteiger partial charge >= 0.3 is 0 Å². The zero-order chi connectivity index (χ0) is 11.5. The number of carbonyl (C=O) groups excluding carboxylic acids is 1. The van der Waals surface area contributed by atoms with Crippen molar-refractivity contribution in [3.05, 3.63) is 12.7 Å². The molecule has 2 aliphatic heterocycles. The first kappa shape index (κ1) is 11.5. The summed E-state index contributed by atoms with van der Waals surface area (Å²) in [6.07, 6.45) is 1.39. The highest BCUT2D eigenvalue weighted by Gasteiger charge is 2.25. The maximum absolute atomic E-state index is 11.4. The third-order valence-corrected chi connectivity index (χ3v) is 3.98. The van der Waals surface area contributed by atoms with Crippen LogP contribution < -0.4 is 0 Å². The Morgan fingerprint density at radius 1 is 1.50 bits per heavy atom. The molecule has 2 rings (SSSR count). The molecule has 2 aliphatic rings. The summed E-state index contributed by atoms with van der Waals surface area (Å²) in [5.74, 6) is 0.0361.